The average Bonchev–Trinajstić information content (AvgIpc) is 3.79. The first-order valence-electron chi connectivity index (χ1n) is 16.1. The molecule has 1 aromatic heterocycles. The molecule has 1 saturated heterocycles. The molecule has 43 heavy (non-hydrogen) atoms. The van der Waals surface area contributed by atoms with Gasteiger partial charge < -0.3 is 11.5 Å². The number of fused-ring (bicyclic) bond motifs is 1. The highest BCUT2D eigenvalue weighted by Gasteiger charge is 2.76. The zero-order chi connectivity index (χ0) is 30.0. The first-order valence-corrected chi connectivity index (χ1v) is 16.1. The molecule has 1 unspecified atom stereocenters. The van der Waals surface area contributed by atoms with Crippen molar-refractivity contribution in [1.29, 1.82) is 0 Å². The summed E-state index contributed by atoms with van der Waals surface area (Å²) in [7, 11) is 0. The maximum absolute atomic E-state index is 15.3. The van der Waals surface area contributed by atoms with Crippen LogP contribution in [0, 0.1) is 18.8 Å². The number of carbonyl (C=O) groups excluding carboxylic acids is 2. The van der Waals surface area contributed by atoms with Gasteiger partial charge in [-0.05, 0) is 60.9 Å². The summed E-state index contributed by atoms with van der Waals surface area (Å²) < 4.78 is 0.0875. The fraction of sp³-hybridized carbons (Fsp3) is 0.472. The van der Waals surface area contributed by atoms with Gasteiger partial charge in [-0.25, -0.2) is 14.3 Å². The van der Waals surface area contributed by atoms with Crippen molar-refractivity contribution in [3.8, 4) is 11.1 Å². The van der Waals surface area contributed by atoms with Crippen LogP contribution < -0.4 is 16.8 Å². The van der Waals surface area contributed by atoms with E-state index in [0.717, 1.165) is 54.5 Å². The number of nitrogen functional groups attached to an aromatic ring is 1. The number of aryl methyl sites for hydroxylation is 1. The Labute approximate surface area is 255 Å². The predicted octanol–water partition coefficient (Wildman–Crippen LogP) is 5.65. The zero-order valence-corrected chi connectivity index (χ0v) is 25.4. The zero-order valence-electron chi connectivity index (χ0n) is 25.4. The number of anilines is 1. The van der Waals surface area contributed by atoms with Crippen LogP contribution in [0.2, 0.25) is 0 Å². The maximum Gasteiger partial charge on any atom is 0.331 e. The molecule has 2 heterocycles. The Balaban J connectivity index is 1.37. The van der Waals surface area contributed by atoms with E-state index in [1.54, 1.807) is 6.07 Å². The van der Waals surface area contributed by atoms with Crippen molar-refractivity contribution in [3.05, 3.63) is 83.6 Å². The highest BCUT2D eigenvalue weighted by atomic mass is 16.2. The fourth-order valence-corrected chi connectivity index (χ4v) is 8.31. The molecule has 4 atom stereocenters. The summed E-state index contributed by atoms with van der Waals surface area (Å²) in [4.78, 5) is 33.1. The molecule has 226 valence electrons. The normalized spacial score (nSPS) is 25.9. The van der Waals surface area contributed by atoms with Crippen molar-refractivity contribution < 1.29 is 14.1 Å². The van der Waals surface area contributed by atoms with Gasteiger partial charge in [-0.3, -0.25) is 10.1 Å². The maximum atomic E-state index is 15.3. The van der Waals surface area contributed by atoms with E-state index in [4.69, 9.17) is 11.5 Å². The number of nitrogens with two attached hydrogens (primary N) is 2. The fourth-order valence-electron chi connectivity index (χ4n) is 8.31. The van der Waals surface area contributed by atoms with E-state index in [9.17, 15) is 4.79 Å². The third-order valence-corrected chi connectivity index (χ3v) is 10.7. The Kier molecular flexibility index (Phi) is 8.38. The average molecular weight is 581 g/mol. The molecule has 2 saturated carbocycles. The van der Waals surface area contributed by atoms with Crippen LogP contribution in [0.5, 0.6) is 0 Å². The van der Waals surface area contributed by atoms with Crippen LogP contribution in [0.1, 0.15) is 74.6 Å². The SMILES string of the molecule is Cc1nc(N)ccc1C[N+]1(C(=O)[C@@H](CC2CCCCC2)NCc2ccccc2-c2ccccc2)CCC[C@@H]2C[C@@]21C(N)=O. The van der Waals surface area contributed by atoms with Gasteiger partial charge in [-0.2, -0.15) is 0 Å². The third-order valence-electron chi connectivity index (χ3n) is 10.7. The number of rotatable bonds is 10. The van der Waals surface area contributed by atoms with Crippen molar-refractivity contribution in [1.82, 2.24) is 10.3 Å². The number of piperidine rings is 1. The van der Waals surface area contributed by atoms with Crippen LogP contribution in [0.3, 0.4) is 0 Å². The Morgan fingerprint density at radius 3 is 2.44 bits per heavy atom. The number of quaternary nitrogens is 1. The van der Waals surface area contributed by atoms with Crippen LogP contribution in [-0.2, 0) is 22.7 Å². The summed E-state index contributed by atoms with van der Waals surface area (Å²) in [6.45, 7) is 3.55. The molecule has 2 amide bonds. The van der Waals surface area contributed by atoms with Crippen molar-refractivity contribution in [2.75, 3.05) is 12.3 Å². The van der Waals surface area contributed by atoms with Crippen molar-refractivity contribution in [2.45, 2.75) is 89.4 Å². The number of hydrogen-bond donors (Lipinski definition) is 3. The monoisotopic (exact) mass is 580 g/mol. The van der Waals surface area contributed by atoms with E-state index in [0.29, 0.717) is 37.8 Å². The first-order chi connectivity index (χ1) is 20.8. The number of nitrogens with zero attached hydrogens (tertiary/aromatic N) is 2. The summed E-state index contributed by atoms with van der Waals surface area (Å²) >= 11 is 0. The molecule has 2 aliphatic carbocycles. The van der Waals surface area contributed by atoms with Gasteiger partial charge in [0.2, 0.25) is 0 Å². The molecule has 3 aromatic rings. The minimum atomic E-state index is -0.850. The topological polar surface area (TPSA) is 111 Å². The summed E-state index contributed by atoms with van der Waals surface area (Å²) in [5.74, 6) is 0.876. The summed E-state index contributed by atoms with van der Waals surface area (Å²) in [5, 5.41) is 3.77. The molecule has 7 heteroatoms. The lowest BCUT2D eigenvalue weighted by Gasteiger charge is -2.47. The van der Waals surface area contributed by atoms with Gasteiger partial charge in [0.15, 0.2) is 5.54 Å². The number of benzene rings is 2. The van der Waals surface area contributed by atoms with Crippen LogP contribution in [0.15, 0.2) is 66.7 Å². The van der Waals surface area contributed by atoms with Crippen molar-refractivity contribution in [2.24, 2.45) is 17.6 Å². The van der Waals surface area contributed by atoms with E-state index in [1.165, 1.54) is 24.8 Å². The number of hydrogen-bond acceptors (Lipinski definition) is 5. The van der Waals surface area contributed by atoms with E-state index >= 15 is 4.79 Å². The van der Waals surface area contributed by atoms with Gasteiger partial charge in [0.1, 0.15) is 18.4 Å². The summed E-state index contributed by atoms with van der Waals surface area (Å²) in [5.41, 5.74) is 16.6. The number of carbonyl (C=O) groups is 2. The van der Waals surface area contributed by atoms with Crippen molar-refractivity contribution in [3.63, 3.8) is 0 Å². The van der Waals surface area contributed by atoms with E-state index in [1.807, 2.05) is 19.1 Å². The number of amides is 2. The molecule has 1 aliphatic heterocycles. The second-order valence-corrected chi connectivity index (χ2v) is 13.2. The second-order valence-electron chi connectivity index (χ2n) is 13.2. The molecule has 0 bridgehead atoms. The van der Waals surface area contributed by atoms with E-state index < -0.39 is 5.54 Å². The van der Waals surface area contributed by atoms with Crippen LogP contribution >= 0.6 is 0 Å². The molecule has 2 aromatic carbocycles. The Morgan fingerprint density at radius 2 is 1.70 bits per heavy atom. The number of nitrogens with one attached hydrogen (secondary N) is 1. The number of primary amides is 1. The van der Waals surface area contributed by atoms with Gasteiger partial charge in [-0.15, -0.1) is 0 Å². The van der Waals surface area contributed by atoms with Gasteiger partial charge in [0.25, 0.3) is 5.91 Å². The van der Waals surface area contributed by atoms with Gasteiger partial charge in [-0.1, -0.05) is 86.7 Å². The molecule has 6 rings (SSSR count). The summed E-state index contributed by atoms with van der Waals surface area (Å²) in [6.07, 6.45) is 9.31. The first kappa shape index (κ1) is 29.5. The molecule has 3 aliphatic rings. The smallest absolute Gasteiger partial charge is 0.331 e. The van der Waals surface area contributed by atoms with Crippen molar-refractivity contribution >= 4 is 17.6 Å². The Hall–Kier alpha value is -3.55. The van der Waals surface area contributed by atoms with Crippen LogP contribution in [0.25, 0.3) is 11.1 Å². The molecule has 7 nitrogen and oxygen atoms in total. The molecule has 0 radical (unpaired) electrons. The number of pyridine rings is 1. The standard InChI is InChI=1S/C36H45N5O2/c1-25-29(18-19-33(37)40-25)24-41(20-10-16-30-22-36(30,41)35(38)43)34(42)32(21-26-11-4-2-5-12-26)39-23-28-15-8-9-17-31(28)27-13-6-3-7-14-27/h3,6-9,13-15,17-19,26,30,32,39H,2,4-5,10-12,16,20-24H2,1H3,(H3-,37,38,40,43)/p+1/t30-,32-,36+,41?/m1/s1. The van der Waals surface area contributed by atoms with Gasteiger partial charge in [0, 0.05) is 30.1 Å². The van der Waals surface area contributed by atoms with Crippen LogP contribution in [0.4, 0.5) is 5.82 Å². The number of likely N-dealkylation sites (tertiary alicyclic amines) is 1. The number of aromatic nitrogens is 1. The van der Waals surface area contributed by atoms with Gasteiger partial charge in [0.05, 0.1) is 6.54 Å². The lowest BCUT2D eigenvalue weighted by Crippen LogP contribution is -2.71. The minimum absolute atomic E-state index is 0.0875. The highest BCUT2D eigenvalue weighted by Crippen LogP contribution is 2.59. The molecule has 0 spiro atoms. The molecule has 5 N–H and O–H groups in total. The molecular weight excluding hydrogens is 534 g/mol. The highest BCUT2D eigenvalue weighted by molar-refractivity contribution is 5.91. The lowest BCUT2D eigenvalue weighted by molar-refractivity contribution is -0.900. The lowest BCUT2D eigenvalue weighted by atomic mass is 9.83. The minimum Gasteiger partial charge on any atom is -0.384 e. The van der Waals surface area contributed by atoms with E-state index in [-0.39, 0.29) is 28.3 Å². The Morgan fingerprint density at radius 1 is 0.953 bits per heavy atom. The molecule has 3 fully saturated rings. The predicted molar refractivity (Wildman–Crippen MR) is 170 cm³/mol. The largest absolute Gasteiger partial charge is 0.384 e. The Bertz CT molecular complexity index is 1470. The molecular formula is C36H46N5O2+. The van der Waals surface area contributed by atoms with E-state index in [2.05, 4.69) is 58.8 Å². The van der Waals surface area contributed by atoms with Crippen LogP contribution in [-0.4, -0.2) is 39.4 Å². The summed E-state index contributed by atoms with van der Waals surface area (Å²) in [6, 6.07) is 22.2. The third kappa shape index (κ3) is 5.61. The quantitative estimate of drug-likeness (QED) is 0.269. The van der Waals surface area contributed by atoms with Gasteiger partial charge >= 0.3 is 5.91 Å². The second kappa shape index (κ2) is 12.2.